The van der Waals surface area contributed by atoms with Crippen molar-refractivity contribution >= 4 is 11.6 Å². The van der Waals surface area contributed by atoms with Gasteiger partial charge in [0.15, 0.2) is 0 Å². The van der Waals surface area contributed by atoms with Crippen molar-refractivity contribution in [1.29, 1.82) is 0 Å². The molecule has 1 rings (SSSR count). The second-order valence-electron chi connectivity index (χ2n) is 1.87. The third kappa shape index (κ3) is 1.07. The number of hydrogen-bond donors (Lipinski definition) is 0. The van der Waals surface area contributed by atoms with Crippen molar-refractivity contribution in [3.63, 3.8) is 0 Å². The van der Waals surface area contributed by atoms with Gasteiger partial charge in [-0.15, -0.1) is 0 Å². The minimum absolute atomic E-state index is 0.113. The lowest BCUT2D eigenvalue weighted by molar-refractivity contribution is 0.0992. The minimum Gasteiger partial charge on any atom is -0.300 e. The number of amides is 1. The van der Waals surface area contributed by atoms with E-state index >= 15 is 0 Å². The van der Waals surface area contributed by atoms with Crippen LogP contribution in [0.5, 0.6) is 0 Å². The highest BCUT2D eigenvalue weighted by Crippen LogP contribution is 2.10. The molecule has 0 heterocycles. The molecule has 50 valence electrons. The Morgan fingerprint density at radius 1 is 1.30 bits per heavy atom. The summed E-state index contributed by atoms with van der Waals surface area (Å²) in [5.74, 6) is -0.800. The van der Waals surface area contributed by atoms with Crippen molar-refractivity contribution < 1.29 is 4.79 Å². The first kappa shape index (κ1) is 6.61. The van der Waals surface area contributed by atoms with E-state index < -0.39 is 5.91 Å². The lowest BCUT2D eigenvalue weighted by Gasteiger charge is -1.95. The molecule has 0 spiro atoms. The first-order chi connectivity index (χ1) is 4.72. The van der Waals surface area contributed by atoms with Crippen molar-refractivity contribution in [3.8, 4) is 0 Å². The van der Waals surface area contributed by atoms with E-state index in [1.165, 1.54) is 12.1 Å². The summed E-state index contributed by atoms with van der Waals surface area (Å²) in [4.78, 5) is 10.4. The fourth-order valence-electron chi connectivity index (χ4n) is 0.681. The normalized spacial score (nSPS) is 9.20. The molecule has 3 heteroatoms. The van der Waals surface area contributed by atoms with Gasteiger partial charge in [-0.05, 0) is 12.1 Å². The number of hydrogen-bond acceptors (Lipinski definition) is 1. The van der Waals surface area contributed by atoms with E-state index in [0.29, 0.717) is 0 Å². The van der Waals surface area contributed by atoms with Crippen molar-refractivity contribution in [3.05, 3.63) is 29.8 Å². The molecule has 0 unspecified atom stereocenters. The van der Waals surface area contributed by atoms with Crippen LogP contribution in [0.4, 0.5) is 5.69 Å². The van der Waals surface area contributed by atoms with Gasteiger partial charge < -0.3 is 5.73 Å². The molecule has 0 saturated carbocycles. The zero-order chi connectivity index (χ0) is 7.56. The van der Waals surface area contributed by atoms with Crippen LogP contribution in [-0.4, -0.2) is 5.91 Å². The molecule has 1 amide bonds. The molecule has 0 aliphatic rings. The summed E-state index contributed by atoms with van der Waals surface area (Å²) in [6.07, 6.45) is 0. The van der Waals surface area contributed by atoms with Gasteiger partial charge in [0.2, 0.25) is 0 Å². The van der Waals surface area contributed by atoms with Gasteiger partial charge in [-0.25, -0.2) is 0 Å². The highest BCUT2D eigenvalue weighted by molar-refractivity contribution is 5.96. The summed E-state index contributed by atoms with van der Waals surface area (Å²) in [7, 11) is 0. The topological polar surface area (TPSA) is 64.7 Å². The first-order valence-electron chi connectivity index (χ1n) is 2.78. The predicted octanol–water partition coefficient (Wildman–Crippen LogP) is 1.02. The van der Waals surface area contributed by atoms with Gasteiger partial charge in [0.05, 0.1) is 11.3 Å². The Balaban J connectivity index is 3.15. The van der Waals surface area contributed by atoms with Gasteiger partial charge in [-0.1, -0.05) is 12.1 Å². The quantitative estimate of drug-likeness (QED) is 0.565. The maximum Gasteiger partial charge on any atom is 0.271 e. The van der Waals surface area contributed by atoms with Crippen LogP contribution in [-0.2, 0) is 0 Å². The molecule has 1 aromatic carbocycles. The first-order valence-corrected chi connectivity index (χ1v) is 2.78. The maximum absolute atomic E-state index is 10.4. The van der Waals surface area contributed by atoms with Crippen LogP contribution in [0.15, 0.2) is 24.3 Å². The second kappa shape index (κ2) is 2.39. The van der Waals surface area contributed by atoms with Gasteiger partial charge in [0, 0.05) is 0 Å². The molecular formula is C7H6N2O. The lowest BCUT2D eigenvalue weighted by atomic mass is 10.2. The Hall–Kier alpha value is -1.51. The third-order valence-electron chi connectivity index (χ3n) is 1.17. The number of benzene rings is 1. The van der Waals surface area contributed by atoms with Gasteiger partial charge >= 0.3 is 0 Å². The van der Waals surface area contributed by atoms with Crippen LogP contribution >= 0.6 is 0 Å². The molecule has 0 aromatic heterocycles. The summed E-state index contributed by atoms with van der Waals surface area (Å²) in [6, 6.07) is 6.26. The van der Waals surface area contributed by atoms with Gasteiger partial charge in [-0.2, -0.15) is 0 Å². The second-order valence-corrected chi connectivity index (χ2v) is 1.87. The van der Waals surface area contributed by atoms with Crippen LogP contribution in [0.2, 0.25) is 0 Å². The van der Waals surface area contributed by atoms with E-state index in [-0.39, 0.29) is 11.3 Å². The zero-order valence-electron chi connectivity index (χ0n) is 5.22. The smallest absolute Gasteiger partial charge is 0.271 e. The molecule has 0 fully saturated rings. The third-order valence-corrected chi connectivity index (χ3v) is 1.17. The Kier molecular flexibility index (Phi) is 1.58. The fourth-order valence-corrected chi connectivity index (χ4v) is 0.681. The summed E-state index contributed by atoms with van der Waals surface area (Å²) in [5.41, 5.74) is 14.1. The van der Waals surface area contributed by atoms with Gasteiger partial charge in [0.25, 0.3) is 5.91 Å². The summed E-state index contributed by atoms with van der Waals surface area (Å²) in [6.45, 7) is 0. The molecule has 2 N–H and O–H groups in total. The zero-order valence-corrected chi connectivity index (χ0v) is 5.22. The SMILES string of the molecule is [NH]C(=O)c1ccccc1[NH]. The molecule has 0 aliphatic carbocycles. The standard InChI is InChI=1S/C7H6N2O/c8-6-4-2-1-3-5(6)7(9)10/h1-4,8-9H. The largest absolute Gasteiger partial charge is 0.300 e. The Morgan fingerprint density at radius 3 is 2.30 bits per heavy atom. The molecular weight excluding hydrogens is 128 g/mol. The van der Waals surface area contributed by atoms with Crippen molar-refractivity contribution in [2.24, 2.45) is 0 Å². The van der Waals surface area contributed by atoms with Crippen LogP contribution in [0.3, 0.4) is 0 Å². The van der Waals surface area contributed by atoms with E-state index in [9.17, 15) is 4.79 Å². The van der Waals surface area contributed by atoms with E-state index in [1.54, 1.807) is 12.1 Å². The average molecular weight is 134 g/mol. The molecule has 1 aromatic rings. The summed E-state index contributed by atoms with van der Waals surface area (Å²) < 4.78 is 0. The van der Waals surface area contributed by atoms with Crippen molar-refractivity contribution in [2.45, 2.75) is 0 Å². The van der Waals surface area contributed by atoms with Crippen LogP contribution in [0.1, 0.15) is 10.4 Å². The van der Waals surface area contributed by atoms with Crippen LogP contribution in [0.25, 0.3) is 0 Å². The van der Waals surface area contributed by atoms with Crippen molar-refractivity contribution in [1.82, 2.24) is 11.5 Å². The number of nitrogens with one attached hydrogen (secondary N) is 2. The molecule has 0 bridgehead atoms. The number of rotatable bonds is 1. The molecule has 0 atom stereocenters. The Morgan fingerprint density at radius 2 is 1.90 bits per heavy atom. The summed E-state index contributed by atoms with van der Waals surface area (Å²) in [5, 5.41) is 0. The molecule has 3 nitrogen and oxygen atoms in total. The van der Waals surface area contributed by atoms with Crippen LogP contribution < -0.4 is 11.5 Å². The Labute approximate surface area is 58.6 Å². The van der Waals surface area contributed by atoms with Crippen molar-refractivity contribution in [2.75, 3.05) is 0 Å². The van der Waals surface area contributed by atoms with E-state index in [1.807, 2.05) is 0 Å². The highest BCUT2D eigenvalue weighted by atomic mass is 16.1. The molecule has 0 aliphatic heterocycles. The minimum atomic E-state index is -0.800. The van der Waals surface area contributed by atoms with E-state index in [2.05, 4.69) is 0 Å². The summed E-state index contributed by atoms with van der Waals surface area (Å²) >= 11 is 0. The average Bonchev–Trinajstić information content (AvgIpc) is 1.88. The molecule has 2 radical (unpaired) electrons. The Bertz CT molecular complexity index is 258. The monoisotopic (exact) mass is 134 g/mol. The highest BCUT2D eigenvalue weighted by Gasteiger charge is 2.03. The van der Waals surface area contributed by atoms with E-state index in [0.717, 1.165) is 0 Å². The predicted molar refractivity (Wildman–Crippen MR) is 36.6 cm³/mol. The molecule has 0 saturated heterocycles. The van der Waals surface area contributed by atoms with Gasteiger partial charge in [0.1, 0.15) is 0 Å². The number of carbonyl (C=O) groups is 1. The van der Waals surface area contributed by atoms with E-state index in [4.69, 9.17) is 11.5 Å². The lowest BCUT2D eigenvalue weighted by Crippen LogP contribution is -1.99. The van der Waals surface area contributed by atoms with Gasteiger partial charge in [-0.3, -0.25) is 10.5 Å². The maximum atomic E-state index is 10.4. The fraction of sp³-hybridized carbons (Fsp3) is 0. The van der Waals surface area contributed by atoms with Crippen LogP contribution in [0, 0.1) is 0 Å². The molecule has 10 heavy (non-hydrogen) atoms. The number of carbonyl (C=O) groups excluding carboxylic acids is 1.